The predicted molar refractivity (Wildman–Crippen MR) is 87.6 cm³/mol. The maximum Gasteiger partial charge on any atom is 0.185 e. The first-order chi connectivity index (χ1) is 9.54. The Balaban J connectivity index is 1.81. The molecule has 2 rings (SSSR count). The van der Waals surface area contributed by atoms with Gasteiger partial charge in [-0.2, -0.15) is 0 Å². The first kappa shape index (κ1) is 15.7. The first-order valence-corrected chi connectivity index (χ1v) is 8.44. The molecule has 114 valence electrons. The monoisotopic (exact) mass is 296 g/mol. The molecule has 0 bridgehead atoms. The standard InChI is InChI=1S/C15H28N4S/c1-12(2)16-9-14-10-17-15(20-14)19(4)11-13-5-7-18(3)8-6-13/h10,12-13,16H,5-9,11H2,1-4H3. The van der Waals surface area contributed by atoms with E-state index in [1.54, 1.807) is 0 Å². The first-order valence-electron chi connectivity index (χ1n) is 7.62. The van der Waals surface area contributed by atoms with Gasteiger partial charge in [-0.25, -0.2) is 4.98 Å². The van der Waals surface area contributed by atoms with Crippen LogP contribution < -0.4 is 10.2 Å². The molecule has 1 aliphatic heterocycles. The van der Waals surface area contributed by atoms with Crippen molar-refractivity contribution >= 4 is 16.5 Å². The molecule has 0 aliphatic carbocycles. The number of rotatable bonds is 6. The topological polar surface area (TPSA) is 31.4 Å². The van der Waals surface area contributed by atoms with Crippen molar-refractivity contribution in [3.05, 3.63) is 11.1 Å². The molecule has 2 heterocycles. The van der Waals surface area contributed by atoms with Crippen molar-refractivity contribution in [1.82, 2.24) is 15.2 Å². The molecular weight excluding hydrogens is 268 g/mol. The summed E-state index contributed by atoms with van der Waals surface area (Å²) in [5.41, 5.74) is 0. The van der Waals surface area contributed by atoms with Crippen molar-refractivity contribution in [2.75, 3.05) is 38.6 Å². The van der Waals surface area contributed by atoms with Gasteiger partial charge in [0.25, 0.3) is 0 Å². The number of hydrogen-bond donors (Lipinski definition) is 1. The molecule has 1 aliphatic rings. The van der Waals surface area contributed by atoms with Crippen LogP contribution in [0.2, 0.25) is 0 Å². The van der Waals surface area contributed by atoms with Gasteiger partial charge in [-0.15, -0.1) is 11.3 Å². The number of likely N-dealkylation sites (tertiary alicyclic amines) is 1. The van der Waals surface area contributed by atoms with Crippen molar-refractivity contribution in [1.29, 1.82) is 0 Å². The van der Waals surface area contributed by atoms with E-state index in [4.69, 9.17) is 0 Å². The normalized spacial score (nSPS) is 17.9. The van der Waals surface area contributed by atoms with Crippen LogP contribution in [0.3, 0.4) is 0 Å². The van der Waals surface area contributed by atoms with E-state index in [1.807, 2.05) is 17.5 Å². The van der Waals surface area contributed by atoms with Crippen molar-refractivity contribution in [2.24, 2.45) is 5.92 Å². The van der Waals surface area contributed by atoms with Crippen LogP contribution in [0.4, 0.5) is 5.13 Å². The third-order valence-corrected chi connectivity index (χ3v) is 5.03. The Labute approximate surface area is 127 Å². The molecule has 20 heavy (non-hydrogen) atoms. The molecule has 1 N–H and O–H groups in total. The van der Waals surface area contributed by atoms with Gasteiger partial charge in [-0.1, -0.05) is 13.8 Å². The minimum Gasteiger partial charge on any atom is -0.351 e. The van der Waals surface area contributed by atoms with Gasteiger partial charge in [0, 0.05) is 37.3 Å². The average molecular weight is 296 g/mol. The lowest BCUT2D eigenvalue weighted by Crippen LogP contribution is -2.35. The Bertz CT molecular complexity index is 396. The maximum absolute atomic E-state index is 4.57. The number of piperidine rings is 1. The zero-order chi connectivity index (χ0) is 14.5. The van der Waals surface area contributed by atoms with Crippen LogP contribution in [0, 0.1) is 5.92 Å². The van der Waals surface area contributed by atoms with E-state index in [-0.39, 0.29) is 0 Å². The Hall–Kier alpha value is -0.650. The second kappa shape index (κ2) is 7.38. The molecule has 0 unspecified atom stereocenters. The van der Waals surface area contributed by atoms with Gasteiger partial charge in [0.1, 0.15) is 0 Å². The van der Waals surface area contributed by atoms with Gasteiger partial charge in [-0.05, 0) is 38.9 Å². The molecule has 0 atom stereocenters. The molecule has 1 fully saturated rings. The summed E-state index contributed by atoms with van der Waals surface area (Å²) in [5, 5.41) is 4.60. The van der Waals surface area contributed by atoms with Crippen molar-refractivity contribution in [3.8, 4) is 0 Å². The smallest absolute Gasteiger partial charge is 0.185 e. The highest BCUT2D eigenvalue weighted by molar-refractivity contribution is 7.15. The number of thiazole rings is 1. The SMILES string of the molecule is CC(C)NCc1cnc(N(C)CC2CCN(C)CC2)s1. The summed E-state index contributed by atoms with van der Waals surface area (Å²) in [4.78, 5) is 10.7. The molecule has 0 radical (unpaired) electrons. The van der Waals surface area contributed by atoms with Gasteiger partial charge in [0.05, 0.1) is 0 Å². The number of hydrogen-bond acceptors (Lipinski definition) is 5. The largest absolute Gasteiger partial charge is 0.351 e. The molecule has 0 aromatic carbocycles. The van der Waals surface area contributed by atoms with Crippen molar-refractivity contribution in [3.63, 3.8) is 0 Å². The molecular formula is C15H28N4S. The highest BCUT2D eigenvalue weighted by Crippen LogP contribution is 2.24. The van der Waals surface area contributed by atoms with Crippen LogP contribution in [0.15, 0.2) is 6.20 Å². The molecule has 5 heteroatoms. The van der Waals surface area contributed by atoms with Crippen LogP contribution in [-0.4, -0.2) is 49.7 Å². The van der Waals surface area contributed by atoms with Crippen LogP contribution >= 0.6 is 11.3 Å². The Kier molecular flexibility index (Phi) is 5.81. The van der Waals surface area contributed by atoms with E-state index >= 15 is 0 Å². The molecule has 0 amide bonds. The van der Waals surface area contributed by atoms with Crippen molar-refractivity contribution < 1.29 is 0 Å². The van der Waals surface area contributed by atoms with E-state index in [2.05, 4.69) is 48.0 Å². The van der Waals surface area contributed by atoms with E-state index in [0.717, 1.165) is 24.1 Å². The number of nitrogens with one attached hydrogen (secondary N) is 1. The fourth-order valence-electron chi connectivity index (χ4n) is 2.57. The van der Waals surface area contributed by atoms with Gasteiger partial charge >= 0.3 is 0 Å². The Morgan fingerprint density at radius 3 is 2.80 bits per heavy atom. The molecule has 0 spiro atoms. The van der Waals surface area contributed by atoms with E-state index < -0.39 is 0 Å². The summed E-state index contributed by atoms with van der Waals surface area (Å²) in [7, 11) is 4.39. The van der Waals surface area contributed by atoms with Crippen LogP contribution in [0.25, 0.3) is 0 Å². The molecule has 1 aromatic rings. The van der Waals surface area contributed by atoms with E-state index in [0.29, 0.717) is 6.04 Å². The molecule has 4 nitrogen and oxygen atoms in total. The highest BCUT2D eigenvalue weighted by Gasteiger charge is 2.19. The number of nitrogens with zero attached hydrogens (tertiary/aromatic N) is 3. The minimum atomic E-state index is 0.525. The fraction of sp³-hybridized carbons (Fsp3) is 0.800. The van der Waals surface area contributed by atoms with Gasteiger partial charge in [-0.3, -0.25) is 0 Å². The van der Waals surface area contributed by atoms with Gasteiger partial charge in [0.15, 0.2) is 5.13 Å². The summed E-state index contributed by atoms with van der Waals surface area (Å²) in [6, 6.07) is 0.525. The summed E-state index contributed by atoms with van der Waals surface area (Å²) in [6.07, 6.45) is 4.64. The Morgan fingerprint density at radius 2 is 2.15 bits per heavy atom. The van der Waals surface area contributed by atoms with E-state index in [1.165, 1.54) is 30.8 Å². The maximum atomic E-state index is 4.57. The molecule has 1 saturated heterocycles. The number of aromatic nitrogens is 1. The lowest BCUT2D eigenvalue weighted by molar-refractivity contribution is 0.222. The summed E-state index contributed by atoms with van der Waals surface area (Å²) in [6.45, 7) is 8.89. The molecule has 0 saturated carbocycles. The molecule has 1 aromatic heterocycles. The lowest BCUT2D eigenvalue weighted by atomic mass is 9.97. The summed E-state index contributed by atoms with van der Waals surface area (Å²) < 4.78 is 0. The third-order valence-electron chi connectivity index (χ3n) is 3.92. The highest BCUT2D eigenvalue weighted by atomic mass is 32.1. The van der Waals surface area contributed by atoms with Gasteiger partial charge in [0.2, 0.25) is 0 Å². The lowest BCUT2D eigenvalue weighted by Gasteiger charge is -2.31. The number of anilines is 1. The second-order valence-corrected chi connectivity index (χ2v) is 7.37. The Morgan fingerprint density at radius 1 is 1.45 bits per heavy atom. The summed E-state index contributed by atoms with van der Waals surface area (Å²) in [5.74, 6) is 0.817. The minimum absolute atomic E-state index is 0.525. The zero-order valence-corrected chi connectivity index (χ0v) is 14.0. The zero-order valence-electron chi connectivity index (χ0n) is 13.2. The van der Waals surface area contributed by atoms with Crippen LogP contribution in [0.1, 0.15) is 31.6 Å². The van der Waals surface area contributed by atoms with Crippen LogP contribution in [-0.2, 0) is 6.54 Å². The second-order valence-electron chi connectivity index (χ2n) is 6.27. The van der Waals surface area contributed by atoms with Crippen LogP contribution in [0.5, 0.6) is 0 Å². The average Bonchev–Trinajstić information content (AvgIpc) is 2.88. The fourth-order valence-corrected chi connectivity index (χ4v) is 3.40. The third kappa shape index (κ3) is 4.72. The van der Waals surface area contributed by atoms with Crippen molar-refractivity contribution in [2.45, 2.75) is 39.3 Å². The van der Waals surface area contributed by atoms with E-state index in [9.17, 15) is 0 Å². The van der Waals surface area contributed by atoms with Gasteiger partial charge < -0.3 is 15.1 Å². The predicted octanol–water partition coefficient (Wildman–Crippen LogP) is 2.42. The summed E-state index contributed by atoms with van der Waals surface area (Å²) >= 11 is 1.81. The quantitative estimate of drug-likeness (QED) is 0.873.